The van der Waals surface area contributed by atoms with E-state index in [0.29, 0.717) is 22.6 Å². The zero-order valence-corrected chi connectivity index (χ0v) is 19.5. The molecule has 0 radical (unpaired) electrons. The maximum Gasteiger partial charge on any atom is 0.431 e. The SMILES string of the molecule is O=P(CCP1(=O)Oc2ccccc2-c2ccccc21)(Oc1ccccc1)Oc1ccccc1. The summed E-state index contributed by atoms with van der Waals surface area (Å²) in [6, 6.07) is 32.7. The minimum absolute atomic E-state index is 0.00922. The van der Waals surface area contributed by atoms with Crippen LogP contribution in [0.1, 0.15) is 0 Å². The Labute approximate surface area is 193 Å². The first kappa shape index (κ1) is 21.6. The van der Waals surface area contributed by atoms with Crippen LogP contribution >= 0.6 is 15.0 Å². The number of para-hydroxylation sites is 3. The van der Waals surface area contributed by atoms with E-state index in [9.17, 15) is 9.13 Å². The molecule has 4 aromatic rings. The molecule has 33 heavy (non-hydrogen) atoms. The van der Waals surface area contributed by atoms with E-state index in [1.165, 1.54) is 0 Å². The van der Waals surface area contributed by atoms with Crippen molar-refractivity contribution < 1.29 is 22.7 Å². The van der Waals surface area contributed by atoms with Crippen molar-refractivity contribution in [2.24, 2.45) is 0 Å². The summed E-state index contributed by atoms with van der Waals surface area (Å²) in [6.07, 6.45) is -0.0696. The van der Waals surface area contributed by atoms with Gasteiger partial charge in [0.15, 0.2) is 0 Å². The topological polar surface area (TPSA) is 61.8 Å². The highest BCUT2D eigenvalue weighted by molar-refractivity contribution is 7.69. The van der Waals surface area contributed by atoms with E-state index in [0.717, 1.165) is 11.1 Å². The Morgan fingerprint density at radius 3 is 1.82 bits per heavy atom. The van der Waals surface area contributed by atoms with Crippen LogP contribution in [0.25, 0.3) is 11.1 Å². The zero-order chi connectivity index (χ0) is 22.7. The highest BCUT2D eigenvalue weighted by Crippen LogP contribution is 2.58. The molecule has 1 aliphatic rings. The van der Waals surface area contributed by atoms with Gasteiger partial charge in [0.25, 0.3) is 7.37 Å². The fourth-order valence-electron chi connectivity index (χ4n) is 3.79. The van der Waals surface area contributed by atoms with Crippen LogP contribution in [0.5, 0.6) is 17.2 Å². The highest BCUT2D eigenvalue weighted by atomic mass is 31.2. The Hall–Kier alpha value is -3.26. The molecule has 5 rings (SSSR count). The smallest absolute Gasteiger partial charge is 0.431 e. The van der Waals surface area contributed by atoms with Crippen LogP contribution in [0.4, 0.5) is 0 Å². The quantitative estimate of drug-likeness (QED) is 0.269. The van der Waals surface area contributed by atoms with Crippen molar-refractivity contribution >= 4 is 20.3 Å². The molecule has 1 aliphatic heterocycles. The molecule has 166 valence electrons. The average Bonchev–Trinajstić information content (AvgIpc) is 2.84. The molecule has 0 amide bonds. The average molecular weight is 476 g/mol. The fraction of sp³-hybridized carbons (Fsp3) is 0.0769. The van der Waals surface area contributed by atoms with Gasteiger partial charge in [0.1, 0.15) is 17.2 Å². The lowest BCUT2D eigenvalue weighted by atomic mass is 10.0. The molecular weight excluding hydrogens is 454 g/mol. The van der Waals surface area contributed by atoms with Crippen LogP contribution in [0.15, 0.2) is 109 Å². The summed E-state index contributed by atoms with van der Waals surface area (Å²) in [5.41, 5.74) is 1.76. The van der Waals surface area contributed by atoms with Crippen LogP contribution in [0, 0.1) is 0 Å². The molecule has 0 aromatic heterocycles. The van der Waals surface area contributed by atoms with Crippen molar-refractivity contribution in [3.63, 3.8) is 0 Å². The van der Waals surface area contributed by atoms with Crippen molar-refractivity contribution in [1.29, 1.82) is 0 Å². The van der Waals surface area contributed by atoms with Gasteiger partial charge in [-0.25, -0.2) is 4.57 Å². The van der Waals surface area contributed by atoms with E-state index >= 15 is 0 Å². The van der Waals surface area contributed by atoms with Crippen LogP contribution in [-0.2, 0) is 9.13 Å². The van der Waals surface area contributed by atoms with E-state index in [-0.39, 0.29) is 12.3 Å². The molecule has 4 aromatic carbocycles. The van der Waals surface area contributed by atoms with E-state index < -0.39 is 15.0 Å². The molecule has 1 heterocycles. The molecule has 0 saturated heterocycles. The van der Waals surface area contributed by atoms with Gasteiger partial charge in [-0.2, -0.15) is 0 Å². The van der Waals surface area contributed by atoms with Gasteiger partial charge in [-0.3, -0.25) is 4.57 Å². The number of benzene rings is 4. The molecule has 1 atom stereocenters. The first-order valence-corrected chi connectivity index (χ1v) is 14.1. The summed E-state index contributed by atoms with van der Waals surface area (Å²) in [6.45, 7) is 0. The van der Waals surface area contributed by atoms with Gasteiger partial charge < -0.3 is 13.6 Å². The summed E-state index contributed by atoms with van der Waals surface area (Å²) in [7, 11) is -7.09. The number of rotatable bonds is 7. The van der Waals surface area contributed by atoms with Crippen LogP contribution in [0.3, 0.4) is 0 Å². The Balaban J connectivity index is 1.47. The van der Waals surface area contributed by atoms with Gasteiger partial charge >= 0.3 is 7.60 Å². The van der Waals surface area contributed by atoms with Crippen LogP contribution < -0.4 is 18.9 Å². The largest absolute Gasteiger partial charge is 0.439 e. The predicted molar refractivity (Wildman–Crippen MR) is 131 cm³/mol. The lowest BCUT2D eigenvalue weighted by Gasteiger charge is -2.29. The van der Waals surface area contributed by atoms with Crippen molar-refractivity contribution in [3.05, 3.63) is 109 Å². The van der Waals surface area contributed by atoms with E-state index in [1.54, 1.807) is 54.6 Å². The maximum atomic E-state index is 14.1. The van der Waals surface area contributed by atoms with Gasteiger partial charge in [0.05, 0.1) is 17.6 Å². The fourth-order valence-corrected chi connectivity index (χ4v) is 8.71. The lowest BCUT2D eigenvalue weighted by Crippen LogP contribution is -2.22. The van der Waals surface area contributed by atoms with Crippen molar-refractivity contribution in [1.82, 2.24) is 0 Å². The van der Waals surface area contributed by atoms with Crippen LogP contribution in [0.2, 0.25) is 0 Å². The molecule has 5 nitrogen and oxygen atoms in total. The highest BCUT2D eigenvalue weighted by Gasteiger charge is 2.40. The minimum Gasteiger partial charge on any atom is -0.439 e. The Morgan fingerprint density at radius 2 is 1.18 bits per heavy atom. The molecule has 0 fully saturated rings. The van der Waals surface area contributed by atoms with E-state index in [4.69, 9.17) is 13.6 Å². The van der Waals surface area contributed by atoms with Gasteiger partial charge in [-0.1, -0.05) is 72.8 Å². The van der Waals surface area contributed by atoms with E-state index in [2.05, 4.69) is 0 Å². The number of fused-ring (bicyclic) bond motifs is 3. The molecular formula is C26H22O5P2. The van der Waals surface area contributed by atoms with Crippen LogP contribution in [-0.4, -0.2) is 12.3 Å². The number of hydrogen-bond acceptors (Lipinski definition) is 5. The normalized spacial score (nSPS) is 16.7. The third kappa shape index (κ3) is 4.61. The molecule has 0 spiro atoms. The minimum atomic E-state index is -3.72. The molecule has 7 heteroatoms. The molecule has 0 aliphatic carbocycles. The third-order valence-electron chi connectivity index (χ3n) is 5.34. The first-order valence-electron chi connectivity index (χ1n) is 10.6. The molecule has 1 unspecified atom stereocenters. The van der Waals surface area contributed by atoms with Crippen molar-refractivity contribution in [2.45, 2.75) is 0 Å². The van der Waals surface area contributed by atoms with Gasteiger partial charge in [-0.05, 0) is 42.0 Å². The monoisotopic (exact) mass is 476 g/mol. The zero-order valence-electron chi connectivity index (χ0n) is 17.7. The first-order chi connectivity index (χ1) is 16.0. The Morgan fingerprint density at radius 1 is 0.667 bits per heavy atom. The van der Waals surface area contributed by atoms with Crippen molar-refractivity contribution in [2.75, 3.05) is 12.3 Å². The standard InChI is InChI=1S/C26H22O5P2/c27-32(26-18-10-8-16-24(26)23-15-7-9-17-25(23)31-32)19-20-33(28,29-21-11-3-1-4-12-21)30-22-13-5-2-6-14-22/h1-18H,19-20H2. The second kappa shape index (κ2) is 8.94. The Bertz CT molecular complexity index is 1310. The molecule has 0 N–H and O–H groups in total. The summed E-state index contributed by atoms with van der Waals surface area (Å²) >= 11 is 0. The molecule has 0 bridgehead atoms. The van der Waals surface area contributed by atoms with Crippen molar-refractivity contribution in [3.8, 4) is 28.4 Å². The Kier molecular flexibility index (Phi) is 5.85. The lowest BCUT2D eigenvalue weighted by molar-refractivity contribution is 0.386. The summed E-state index contributed by atoms with van der Waals surface area (Å²) in [5, 5.41) is 0.620. The maximum absolute atomic E-state index is 14.1. The summed E-state index contributed by atoms with van der Waals surface area (Å²) in [4.78, 5) is 0. The van der Waals surface area contributed by atoms with Gasteiger partial charge in [-0.15, -0.1) is 0 Å². The molecule has 0 saturated carbocycles. The summed E-state index contributed by atoms with van der Waals surface area (Å²) < 4.78 is 45.8. The second-order valence-electron chi connectivity index (χ2n) is 7.64. The van der Waals surface area contributed by atoms with Gasteiger partial charge in [0, 0.05) is 5.56 Å². The van der Waals surface area contributed by atoms with E-state index in [1.807, 2.05) is 54.6 Å². The predicted octanol–water partition coefficient (Wildman–Crippen LogP) is 7.00. The second-order valence-corrected chi connectivity index (χ2v) is 12.1. The van der Waals surface area contributed by atoms with Gasteiger partial charge in [0.2, 0.25) is 0 Å². The third-order valence-corrected chi connectivity index (χ3v) is 9.87. The number of hydrogen-bond donors (Lipinski definition) is 0. The summed E-state index contributed by atoms with van der Waals surface area (Å²) in [5.74, 6) is 1.40.